The molecule has 4 nitrogen and oxygen atoms in total. The summed E-state index contributed by atoms with van der Waals surface area (Å²) in [6, 6.07) is 1.66. The molecule has 8 heteroatoms. The van der Waals surface area contributed by atoms with E-state index in [1.165, 1.54) is 0 Å². The van der Waals surface area contributed by atoms with Crippen LogP contribution < -0.4 is 5.32 Å². The normalized spacial score (nSPS) is 21.6. The highest BCUT2D eigenvalue weighted by Gasteiger charge is 2.32. The number of halogens is 3. The van der Waals surface area contributed by atoms with Gasteiger partial charge < -0.3 is 5.32 Å². The fourth-order valence-electron chi connectivity index (χ4n) is 1.87. The van der Waals surface area contributed by atoms with Crippen LogP contribution in [0.2, 0.25) is 5.02 Å². The fraction of sp³-hybridized carbons (Fsp3) is 0.417. The Kier molecular flexibility index (Phi) is 4.27. The summed E-state index contributed by atoms with van der Waals surface area (Å²) in [5, 5.41) is 2.19. The van der Waals surface area contributed by atoms with Crippen molar-refractivity contribution in [1.29, 1.82) is 0 Å². The quantitative estimate of drug-likeness (QED) is 0.858. The third kappa shape index (κ3) is 3.42. The maximum Gasteiger partial charge on any atom is 0.261 e. The molecule has 0 bridgehead atoms. The van der Waals surface area contributed by atoms with E-state index in [2.05, 4.69) is 12.2 Å². The highest BCUT2D eigenvalue weighted by Crippen LogP contribution is 2.37. The lowest BCUT2D eigenvalue weighted by atomic mass is 10.2. The predicted molar refractivity (Wildman–Crippen MR) is 74.1 cm³/mol. The molecule has 1 N–H and O–H groups in total. The summed E-state index contributed by atoms with van der Waals surface area (Å²) in [4.78, 5) is 11.4. The predicted octanol–water partition coefficient (Wildman–Crippen LogP) is 2.79. The van der Waals surface area contributed by atoms with Gasteiger partial charge in [0.05, 0.1) is 15.5 Å². The van der Waals surface area contributed by atoms with Gasteiger partial charge in [0.1, 0.15) is 5.82 Å². The maximum absolute atomic E-state index is 13.6. The molecule has 0 spiro atoms. The first-order chi connectivity index (χ1) is 9.20. The van der Waals surface area contributed by atoms with Gasteiger partial charge in [-0.2, -0.15) is 0 Å². The summed E-state index contributed by atoms with van der Waals surface area (Å²) in [6.45, 7) is 2.51. The molecular weight excluding hydrogens is 328 g/mol. The SMILES string of the molecule is CC1CC1CNC(=O)c1cc(S(=O)(=O)Cl)cc(F)c1Cl. The van der Waals surface area contributed by atoms with Gasteiger partial charge in [0.15, 0.2) is 0 Å². The number of carbonyl (C=O) groups excluding carboxylic acids is 1. The molecule has 0 radical (unpaired) electrons. The second-order valence-corrected chi connectivity index (χ2v) is 7.83. The van der Waals surface area contributed by atoms with Crippen LogP contribution in [0.25, 0.3) is 0 Å². The van der Waals surface area contributed by atoms with Gasteiger partial charge >= 0.3 is 0 Å². The molecule has 1 saturated carbocycles. The van der Waals surface area contributed by atoms with Crippen LogP contribution in [0, 0.1) is 17.7 Å². The maximum atomic E-state index is 13.6. The molecule has 1 aromatic carbocycles. The van der Waals surface area contributed by atoms with E-state index in [-0.39, 0.29) is 5.56 Å². The molecule has 2 rings (SSSR count). The Morgan fingerprint density at radius 2 is 2.10 bits per heavy atom. The minimum Gasteiger partial charge on any atom is -0.352 e. The molecule has 0 aromatic heterocycles. The van der Waals surface area contributed by atoms with Gasteiger partial charge in [-0.05, 0) is 30.4 Å². The van der Waals surface area contributed by atoms with Gasteiger partial charge in [0.2, 0.25) is 0 Å². The summed E-state index contributed by atoms with van der Waals surface area (Å²) in [5.41, 5.74) is -0.237. The van der Waals surface area contributed by atoms with Crippen LogP contribution in [0.1, 0.15) is 23.7 Å². The van der Waals surface area contributed by atoms with Crippen LogP contribution in [-0.2, 0) is 9.05 Å². The summed E-state index contributed by atoms with van der Waals surface area (Å²) in [6.07, 6.45) is 1.03. The zero-order valence-corrected chi connectivity index (χ0v) is 12.8. The van der Waals surface area contributed by atoms with Crippen molar-refractivity contribution in [2.45, 2.75) is 18.2 Å². The molecule has 2 atom stereocenters. The molecule has 0 saturated heterocycles. The lowest BCUT2D eigenvalue weighted by molar-refractivity contribution is 0.0951. The van der Waals surface area contributed by atoms with E-state index in [0.717, 1.165) is 12.5 Å². The van der Waals surface area contributed by atoms with Crippen LogP contribution in [-0.4, -0.2) is 20.9 Å². The van der Waals surface area contributed by atoms with Crippen molar-refractivity contribution in [3.63, 3.8) is 0 Å². The summed E-state index contributed by atoms with van der Waals surface area (Å²) in [7, 11) is 1.01. The van der Waals surface area contributed by atoms with Crippen molar-refractivity contribution in [3.05, 3.63) is 28.5 Å². The first kappa shape index (κ1) is 15.5. The molecule has 1 aromatic rings. The van der Waals surface area contributed by atoms with Gasteiger partial charge in [0.25, 0.3) is 15.0 Å². The van der Waals surface area contributed by atoms with E-state index < -0.39 is 30.7 Å². The van der Waals surface area contributed by atoms with Crippen molar-refractivity contribution in [2.75, 3.05) is 6.54 Å². The van der Waals surface area contributed by atoms with Crippen LogP contribution in [0.5, 0.6) is 0 Å². The Hall–Kier alpha value is -0.850. The Morgan fingerprint density at radius 3 is 2.60 bits per heavy atom. The second kappa shape index (κ2) is 5.50. The topological polar surface area (TPSA) is 63.2 Å². The molecule has 1 aliphatic carbocycles. The number of hydrogen-bond acceptors (Lipinski definition) is 3. The number of hydrogen-bond donors (Lipinski definition) is 1. The molecular formula is C12H12Cl2FNO3S. The molecule has 2 unspecified atom stereocenters. The smallest absolute Gasteiger partial charge is 0.261 e. The Morgan fingerprint density at radius 1 is 1.50 bits per heavy atom. The molecule has 0 heterocycles. The summed E-state index contributed by atoms with van der Waals surface area (Å²) >= 11 is 5.70. The van der Waals surface area contributed by atoms with Gasteiger partial charge in [-0.1, -0.05) is 18.5 Å². The van der Waals surface area contributed by atoms with Gasteiger partial charge in [-0.15, -0.1) is 0 Å². The van der Waals surface area contributed by atoms with Crippen LogP contribution in [0.4, 0.5) is 4.39 Å². The monoisotopic (exact) mass is 339 g/mol. The van der Waals surface area contributed by atoms with E-state index in [1.807, 2.05) is 0 Å². The first-order valence-electron chi connectivity index (χ1n) is 5.92. The fourth-order valence-corrected chi connectivity index (χ4v) is 2.84. The minimum absolute atomic E-state index is 0.237. The molecule has 1 fully saturated rings. The van der Waals surface area contributed by atoms with Crippen molar-refractivity contribution in [1.82, 2.24) is 5.32 Å². The van der Waals surface area contributed by atoms with E-state index in [4.69, 9.17) is 22.3 Å². The molecule has 1 aliphatic rings. The number of benzene rings is 1. The first-order valence-corrected chi connectivity index (χ1v) is 8.60. The van der Waals surface area contributed by atoms with Crippen LogP contribution in [0.3, 0.4) is 0 Å². The van der Waals surface area contributed by atoms with Gasteiger partial charge in [0, 0.05) is 17.2 Å². The minimum atomic E-state index is -4.13. The molecule has 20 heavy (non-hydrogen) atoms. The standard InChI is InChI=1S/C12H12Cl2FNO3S/c1-6-2-7(6)5-16-12(17)9-3-8(20(14,18)19)4-10(15)11(9)13/h3-4,6-7H,2,5H2,1H3,(H,16,17). The average molecular weight is 340 g/mol. The number of carbonyl (C=O) groups is 1. The van der Waals surface area contributed by atoms with Crippen LogP contribution in [0.15, 0.2) is 17.0 Å². The van der Waals surface area contributed by atoms with Crippen LogP contribution >= 0.6 is 22.3 Å². The number of nitrogens with one attached hydrogen (secondary N) is 1. The van der Waals surface area contributed by atoms with Gasteiger partial charge in [-0.25, -0.2) is 12.8 Å². The zero-order valence-electron chi connectivity index (χ0n) is 10.5. The average Bonchev–Trinajstić information content (AvgIpc) is 3.04. The van der Waals surface area contributed by atoms with Crippen molar-refractivity contribution in [3.8, 4) is 0 Å². The second-order valence-electron chi connectivity index (χ2n) is 4.89. The lowest BCUT2D eigenvalue weighted by Crippen LogP contribution is -2.26. The summed E-state index contributed by atoms with van der Waals surface area (Å²) < 4.78 is 36.0. The van der Waals surface area contributed by atoms with Crippen molar-refractivity contribution >= 4 is 37.2 Å². The molecule has 1 amide bonds. The number of amides is 1. The van der Waals surface area contributed by atoms with Crippen molar-refractivity contribution < 1.29 is 17.6 Å². The highest BCUT2D eigenvalue weighted by atomic mass is 35.7. The van der Waals surface area contributed by atoms with E-state index in [9.17, 15) is 17.6 Å². The molecule has 110 valence electrons. The van der Waals surface area contributed by atoms with E-state index in [1.54, 1.807) is 0 Å². The zero-order chi connectivity index (χ0) is 15.1. The lowest BCUT2D eigenvalue weighted by Gasteiger charge is -2.08. The highest BCUT2D eigenvalue weighted by molar-refractivity contribution is 8.13. The van der Waals surface area contributed by atoms with E-state index in [0.29, 0.717) is 24.4 Å². The van der Waals surface area contributed by atoms with Gasteiger partial charge in [-0.3, -0.25) is 4.79 Å². The van der Waals surface area contributed by atoms with Crippen molar-refractivity contribution in [2.24, 2.45) is 11.8 Å². The Labute approximate surface area is 125 Å². The Bertz CT molecular complexity index is 663. The Balaban J connectivity index is 2.25. The third-order valence-corrected chi connectivity index (χ3v) is 5.05. The van der Waals surface area contributed by atoms with E-state index >= 15 is 0 Å². The number of rotatable bonds is 4. The molecule has 0 aliphatic heterocycles. The summed E-state index contributed by atoms with van der Waals surface area (Å²) in [5.74, 6) is -0.659. The third-order valence-electron chi connectivity index (χ3n) is 3.33. The largest absolute Gasteiger partial charge is 0.352 e.